The zero-order valence-corrected chi connectivity index (χ0v) is 25.8. The van der Waals surface area contributed by atoms with Gasteiger partial charge in [0, 0.05) is 25.0 Å². The molecule has 1 amide bonds. The minimum Gasteiger partial charge on any atom is -0.487 e. The number of nitrogens with zero attached hydrogens (tertiary/aromatic N) is 4. The van der Waals surface area contributed by atoms with Crippen molar-refractivity contribution in [2.45, 2.75) is 95.7 Å². The molecule has 4 atom stereocenters. The van der Waals surface area contributed by atoms with Crippen LogP contribution in [0.4, 0.5) is 15.0 Å². The number of piperazine rings is 1. The standard InChI is InChI=1S/C30H41BrFN5O4/c1-30(2,3)41-29(38)37-20-6-7-21(37)16-36(15-20)27-23-10-11-24(31)26(40-22-8-9-22)25(23)34-28(35-27)39-17-18-5-4-12-33-14-19(32)13-18/h10-11,18-22,33H,4-9,12-17H2,1-3H3/t18-,19-,20?,21?/m1/s1. The van der Waals surface area contributed by atoms with Gasteiger partial charge >= 0.3 is 12.1 Å². The fraction of sp³-hybridized carbons (Fsp3) is 0.700. The van der Waals surface area contributed by atoms with Crippen LogP contribution in [0.2, 0.25) is 0 Å². The lowest BCUT2D eigenvalue weighted by Crippen LogP contribution is -2.57. The molecule has 41 heavy (non-hydrogen) atoms. The highest BCUT2D eigenvalue weighted by Gasteiger charge is 2.45. The highest BCUT2D eigenvalue weighted by Crippen LogP contribution is 2.42. The van der Waals surface area contributed by atoms with Gasteiger partial charge in [-0.2, -0.15) is 9.97 Å². The predicted molar refractivity (Wildman–Crippen MR) is 159 cm³/mol. The van der Waals surface area contributed by atoms with E-state index < -0.39 is 11.8 Å². The van der Waals surface area contributed by atoms with Gasteiger partial charge in [-0.3, -0.25) is 4.90 Å². The highest BCUT2D eigenvalue weighted by molar-refractivity contribution is 9.10. The Labute approximate surface area is 249 Å². The van der Waals surface area contributed by atoms with Gasteiger partial charge in [-0.25, -0.2) is 9.18 Å². The number of hydrogen-bond acceptors (Lipinski definition) is 8. The molecule has 4 fully saturated rings. The van der Waals surface area contributed by atoms with E-state index in [2.05, 4.69) is 26.1 Å². The average molecular weight is 635 g/mol. The molecule has 1 N–H and O–H groups in total. The van der Waals surface area contributed by atoms with Gasteiger partial charge in [-0.15, -0.1) is 0 Å². The van der Waals surface area contributed by atoms with Crippen molar-refractivity contribution in [1.82, 2.24) is 20.2 Å². The van der Waals surface area contributed by atoms with Gasteiger partial charge in [0.05, 0.1) is 29.3 Å². The number of hydrogen-bond donors (Lipinski definition) is 1. The molecule has 0 radical (unpaired) electrons. The lowest BCUT2D eigenvalue weighted by atomic mass is 9.96. The number of anilines is 1. The summed E-state index contributed by atoms with van der Waals surface area (Å²) >= 11 is 3.67. The van der Waals surface area contributed by atoms with E-state index in [9.17, 15) is 9.18 Å². The van der Waals surface area contributed by atoms with Gasteiger partial charge in [0.15, 0.2) is 5.75 Å². The Morgan fingerprint density at radius 2 is 1.88 bits per heavy atom. The Morgan fingerprint density at radius 3 is 2.59 bits per heavy atom. The third-order valence-electron chi connectivity index (χ3n) is 8.30. The van der Waals surface area contributed by atoms with Crippen LogP contribution in [-0.4, -0.2) is 83.7 Å². The van der Waals surface area contributed by atoms with E-state index in [4.69, 9.17) is 24.2 Å². The number of carbonyl (C=O) groups excluding carboxylic acids is 1. The SMILES string of the molecule is CC(C)(C)OC(=O)N1C2CCC1CN(c1nc(OC[C@@H]3CCCNC[C@H](F)C3)nc3c(OC4CC4)c(Br)ccc13)C2. The molecule has 1 aliphatic carbocycles. The van der Waals surface area contributed by atoms with Crippen molar-refractivity contribution in [2.75, 3.05) is 37.7 Å². The van der Waals surface area contributed by atoms with Gasteiger partial charge < -0.3 is 24.4 Å². The molecule has 4 aliphatic rings. The minimum absolute atomic E-state index is 0.0423. The Kier molecular flexibility index (Phi) is 8.19. The second-order valence-corrected chi connectivity index (χ2v) is 13.8. The van der Waals surface area contributed by atoms with Crippen LogP contribution in [-0.2, 0) is 4.74 Å². The maximum Gasteiger partial charge on any atom is 0.410 e. The first kappa shape index (κ1) is 28.7. The first-order valence-corrected chi connectivity index (χ1v) is 15.8. The third-order valence-corrected chi connectivity index (χ3v) is 8.92. The van der Waals surface area contributed by atoms with E-state index in [0.717, 1.165) is 60.7 Å². The Hall–Kier alpha value is -2.40. The number of ether oxygens (including phenoxy) is 3. The zero-order valence-electron chi connectivity index (χ0n) is 24.2. The van der Waals surface area contributed by atoms with Crippen molar-refractivity contribution in [2.24, 2.45) is 5.92 Å². The van der Waals surface area contributed by atoms with Gasteiger partial charge in [-0.1, -0.05) is 0 Å². The van der Waals surface area contributed by atoms with Crippen molar-refractivity contribution in [3.8, 4) is 11.8 Å². The molecule has 1 aromatic heterocycles. The van der Waals surface area contributed by atoms with Crippen molar-refractivity contribution < 1.29 is 23.4 Å². The van der Waals surface area contributed by atoms with Crippen LogP contribution in [0.3, 0.4) is 0 Å². The topological polar surface area (TPSA) is 89.1 Å². The lowest BCUT2D eigenvalue weighted by molar-refractivity contribution is 0.0123. The summed E-state index contributed by atoms with van der Waals surface area (Å²) in [6.45, 7) is 8.58. The molecule has 3 saturated heterocycles. The Morgan fingerprint density at radius 1 is 1.12 bits per heavy atom. The summed E-state index contributed by atoms with van der Waals surface area (Å²) in [5.74, 6) is 1.59. The molecule has 11 heteroatoms. The first-order chi connectivity index (χ1) is 19.6. The number of alkyl halides is 1. The molecular weight excluding hydrogens is 593 g/mol. The highest BCUT2D eigenvalue weighted by atomic mass is 79.9. The van der Waals surface area contributed by atoms with Gasteiger partial charge in [0.1, 0.15) is 23.1 Å². The van der Waals surface area contributed by atoms with E-state index in [0.29, 0.717) is 43.9 Å². The summed E-state index contributed by atoms with van der Waals surface area (Å²) in [7, 11) is 0. The fourth-order valence-corrected chi connectivity index (χ4v) is 6.66. The van der Waals surface area contributed by atoms with E-state index in [-0.39, 0.29) is 36.2 Å². The molecule has 1 saturated carbocycles. The van der Waals surface area contributed by atoms with Crippen LogP contribution in [0.15, 0.2) is 16.6 Å². The van der Waals surface area contributed by atoms with Crippen molar-refractivity contribution in [3.63, 3.8) is 0 Å². The molecule has 1 aromatic carbocycles. The monoisotopic (exact) mass is 633 g/mol. The summed E-state index contributed by atoms with van der Waals surface area (Å²) in [5.41, 5.74) is 0.168. The maximum atomic E-state index is 14.4. The number of aromatic nitrogens is 2. The van der Waals surface area contributed by atoms with E-state index in [1.165, 1.54) is 0 Å². The van der Waals surface area contributed by atoms with Crippen LogP contribution in [0, 0.1) is 5.92 Å². The Bertz CT molecular complexity index is 1260. The number of halogens is 2. The van der Waals surface area contributed by atoms with Crippen LogP contribution < -0.4 is 19.7 Å². The third kappa shape index (κ3) is 6.66. The summed E-state index contributed by atoms with van der Waals surface area (Å²) in [6, 6.07) is 4.38. The summed E-state index contributed by atoms with van der Waals surface area (Å²) in [5, 5.41) is 4.05. The van der Waals surface area contributed by atoms with Crippen LogP contribution in [0.25, 0.3) is 10.9 Å². The number of carbonyl (C=O) groups is 1. The molecule has 224 valence electrons. The van der Waals surface area contributed by atoms with Crippen LogP contribution in [0.5, 0.6) is 11.8 Å². The molecule has 2 bridgehead atoms. The number of nitrogens with one attached hydrogen (secondary N) is 1. The minimum atomic E-state index is -0.886. The predicted octanol–water partition coefficient (Wildman–Crippen LogP) is 5.63. The van der Waals surface area contributed by atoms with Crippen molar-refractivity contribution >= 4 is 38.7 Å². The van der Waals surface area contributed by atoms with E-state index in [1.54, 1.807) is 0 Å². The maximum absolute atomic E-state index is 14.4. The molecule has 2 aromatic rings. The normalized spacial score (nSPS) is 27.0. The number of fused-ring (bicyclic) bond motifs is 3. The van der Waals surface area contributed by atoms with Crippen LogP contribution >= 0.6 is 15.9 Å². The number of rotatable bonds is 6. The van der Waals surface area contributed by atoms with Gasteiger partial charge in [0.2, 0.25) is 0 Å². The fourth-order valence-electron chi connectivity index (χ4n) is 6.25. The van der Waals surface area contributed by atoms with E-state index >= 15 is 0 Å². The smallest absolute Gasteiger partial charge is 0.410 e. The molecule has 3 aliphatic heterocycles. The molecule has 0 spiro atoms. The second-order valence-electron chi connectivity index (χ2n) is 13.0. The van der Waals surface area contributed by atoms with Crippen LogP contribution in [0.1, 0.15) is 65.7 Å². The van der Waals surface area contributed by atoms with E-state index in [1.807, 2.05) is 37.8 Å². The van der Waals surface area contributed by atoms with Gasteiger partial charge in [-0.05, 0) is 106 Å². The van der Waals surface area contributed by atoms with Crippen molar-refractivity contribution in [1.29, 1.82) is 0 Å². The largest absolute Gasteiger partial charge is 0.487 e. The number of benzene rings is 1. The zero-order chi connectivity index (χ0) is 28.7. The van der Waals surface area contributed by atoms with Gasteiger partial charge in [0.25, 0.3) is 0 Å². The molecule has 6 rings (SSSR count). The van der Waals surface area contributed by atoms with Crippen molar-refractivity contribution in [3.05, 3.63) is 16.6 Å². The molecular formula is C30H41BrFN5O4. The number of amides is 1. The molecule has 4 heterocycles. The summed E-state index contributed by atoms with van der Waals surface area (Å²) in [4.78, 5) is 27.0. The molecule has 9 nitrogen and oxygen atoms in total. The summed E-state index contributed by atoms with van der Waals surface area (Å²) < 4.78 is 33.5. The quantitative estimate of drug-likeness (QED) is 0.438. The first-order valence-electron chi connectivity index (χ1n) is 15.1. The second kappa shape index (κ2) is 11.7. The lowest BCUT2D eigenvalue weighted by Gasteiger charge is -2.42. The average Bonchev–Trinajstić information content (AvgIpc) is 3.68. The Balaban J connectivity index is 1.30. The summed E-state index contributed by atoms with van der Waals surface area (Å²) in [6.07, 6.45) is 5.32. The molecule has 2 unspecified atom stereocenters.